The topological polar surface area (TPSA) is 155 Å². The SMILES string of the molecule is COc1cc([N+](=O)[O-])ccc1N/C=C(/C#N)C(=O)NC(CCSC)C(=O)O. The highest BCUT2D eigenvalue weighted by atomic mass is 32.2. The van der Waals surface area contributed by atoms with Crippen LogP contribution < -0.4 is 15.4 Å². The summed E-state index contributed by atoms with van der Waals surface area (Å²) in [7, 11) is 1.31. The number of non-ortho nitro benzene ring substituents is 1. The average Bonchev–Trinajstić information content (AvgIpc) is 2.65. The third kappa shape index (κ3) is 6.52. The Morgan fingerprint density at radius 3 is 2.74 bits per heavy atom. The molecule has 0 fully saturated rings. The molecule has 0 aliphatic carbocycles. The van der Waals surface area contributed by atoms with Crippen LogP contribution in [0.5, 0.6) is 5.75 Å². The van der Waals surface area contributed by atoms with Crippen molar-refractivity contribution in [1.82, 2.24) is 5.32 Å². The number of carboxylic acid groups (broad SMARTS) is 1. The molecule has 1 aromatic carbocycles. The molecule has 1 unspecified atom stereocenters. The van der Waals surface area contributed by atoms with Crippen molar-refractivity contribution in [3.8, 4) is 11.8 Å². The van der Waals surface area contributed by atoms with E-state index in [1.54, 1.807) is 6.07 Å². The molecule has 144 valence electrons. The first-order valence-corrected chi connectivity index (χ1v) is 8.95. The molecule has 1 amide bonds. The van der Waals surface area contributed by atoms with E-state index in [1.807, 2.05) is 6.26 Å². The lowest BCUT2D eigenvalue weighted by molar-refractivity contribution is -0.384. The lowest BCUT2D eigenvalue weighted by Crippen LogP contribution is -2.41. The maximum absolute atomic E-state index is 12.1. The predicted octanol–water partition coefficient (Wildman–Crippen LogP) is 1.75. The maximum Gasteiger partial charge on any atom is 0.326 e. The first-order valence-electron chi connectivity index (χ1n) is 7.55. The summed E-state index contributed by atoms with van der Waals surface area (Å²) in [6, 6.07) is 4.34. The number of nitro benzene ring substituents is 1. The second-order valence-electron chi connectivity index (χ2n) is 5.10. The lowest BCUT2D eigenvalue weighted by atomic mass is 10.2. The molecule has 3 N–H and O–H groups in total. The Balaban J connectivity index is 2.94. The van der Waals surface area contributed by atoms with Crippen molar-refractivity contribution < 1.29 is 24.4 Å². The molecule has 1 rings (SSSR count). The fourth-order valence-corrected chi connectivity index (χ4v) is 2.41. The molecule has 0 aromatic heterocycles. The van der Waals surface area contributed by atoms with Gasteiger partial charge in [-0.1, -0.05) is 0 Å². The molecule has 27 heavy (non-hydrogen) atoms. The first kappa shape index (κ1) is 21.8. The van der Waals surface area contributed by atoms with Crippen LogP contribution in [0.15, 0.2) is 30.0 Å². The van der Waals surface area contributed by atoms with Crippen LogP contribution >= 0.6 is 11.8 Å². The van der Waals surface area contributed by atoms with E-state index in [0.29, 0.717) is 11.4 Å². The Kier molecular flexibility index (Phi) is 8.61. The number of aliphatic carboxylic acids is 1. The summed E-state index contributed by atoms with van der Waals surface area (Å²) in [5.41, 5.74) is -0.246. The number of nitrogens with one attached hydrogen (secondary N) is 2. The van der Waals surface area contributed by atoms with E-state index >= 15 is 0 Å². The van der Waals surface area contributed by atoms with E-state index < -0.39 is 22.8 Å². The van der Waals surface area contributed by atoms with Crippen molar-refractivity contribution in [3.05, 3.63) is 40.1 Å². The van der Waals surface area contributed by atoms with Gasteiger partial charge in [-0.05, 0) is 24.5 Å². The Bertz CT molecular complexity index is 790. The fourth-order valence-electron chi connectivity index (χ4n) is 1.94. The standard InChI is InChI=1S/C16H18N4O6S/c1-26-14-7-11(20(24)25)3-4-12(14)18-9-10(8-17)15(21)19-13(16(22)23)5-6-27-2/h3-4,7,9,13,18H,5-6H2,1-2H3,(H,19,21)(H,22,23)/b10-9-. The Morgan fingerprint density at radius 2 is 2.22 bits per heavy atom. The Hall–Kier alpha value is -3.26. The molecule has 0 spiro atoms. The zero-order chi connectivity index (χ0) is 20.4. The van der Waals surface area contributed by atoms with Gasteiger partial charge in [0.05, 0.1) is 23.8 Å². The molecule has 0 radical (unpaired) electrons. The van der Waals surface area contributed by atoms with Crippen molar-refractivity contribution in [3.63, 3.8) is 0 Å². The van der Waals surface area contributed by atoms with Crippen LogP contribution in [0, 0.1) is 21.4 Å². The predicted molar refractivity (Wildman–Crippen MR) is 99.5 cm³/mol. The van der Waals surface area contributed by atoms with Gasteiger partial charge in [0.2, 0.25) is 0 Å². The van der Waals surface area contributed by atoms with Crippen LogP contribution in [0.1, 0.15) is 6.42 Å². The van der Waals surface area contributed by atoms with Crippen LogP contribution in [-0.4, -0.2) is 47.1 Å². The van der Waals surface area contributed by atoms with Crippen LogP contribution in [0.2, 0.25) is 0 Å². The van der Waals surface area contributed by atoms with E-state index in [2.05, 4.69) is 10.6 Å². The fraction of sp³-hybridized carbons (Fsp3) is 0.312. The number of rotatable bonds is 10. The van der Waals surface area contributed by atoms with Gasteiger partial charge in [0.1, 0.15) is 23.4 Å². The molecular formula is C16H18N4O6S. The van der Waals surface area contributed by atoms with Crippen molar-refractivity contribution in [2.24, 2.45) is 0 Å². The minimum atomic E-state index is -1.19. The highest BCUT2D eigenvalue weighted by Crippen LogP contribution is 2.29. The van der Waals surface area contributed by atoms with Crippen LogP contribution in [0.4, 0.5) is 11.4 Å². The number of hydrogen-bond acceptors (Lipinski definition) is 8. The number of nitrogens with zero attached hydrogens (tertiary/aromatic N) is 2. The average molecular weight is 394 g/mol. The number of carbonyl (C=O) groups excluding carboxylic acids is 1. The highest BCUT2D eigenvalue weighted by Gasteiger charge is 2.21. The number of amides is 1. The summed E-state index contributed by atoms with van der Waals surface area (Å²) < 4.78 is 5.04. The van der Waals surface area contributed by atoms with Crippen molar-refractivity contribution in [2.45, 2.75) is 12.5 Å². The highest BCUT2D eigenvalue weighted by molar-refractivity contribution is 7.98. The molecule has 0 aliphatic heterocycles. The number of carbonyl (C=O) groups is 2. The van der Waals surface area contributed by atoms with Gasteiger partial charge >= 0.3 is 5.97 Å². The first-order chi connectivity index (χ1) is 12.8. The van der Waals surface area contributed by atoms with Crippen LogP contribution in [0.3, 0.4) is 0 Å². The molecule has 10 nitrogen and oxygen atoms in total. The minimum absolute atomic E-state index is 0.140. The maximum atomic E-state index is 12.1. The van der Waals surface area contributed by atoms with Gasteiger partial charge in [0.15, 0.2) is 0 Å². The Morgan fingerprint density at radius 1 is 1.52 bits per heavy atom. The Labute approximate surface area is 159 Å². The van der Waals surface area contributed by atoms with Gasteiger partial charge in [0, 0.05) is 12.3 Å². The smallest absolute Gasteiger partial charge is 0.326 e. The van der Waals surface area contributed by atoms with E-state index in [1.165, 1.54) is 37.1 Å². The molecule has 0 saturated carbocycles. The van der Waals surface area contributed by atoms with E-state index in [4.69, 9.17) is 15.1 Å². The molecule has 0 bridgehead atoms. The van der Waals surface area contributed by atoms with Crippen LogP contribution in [-0.2, 0) is 9.59 Å². The lowest BCUT2D eigenvalue weighted by Gasteiger charge is -2.13. The molecule has 0 heterocycles. The van der Waals surface area contributed by atoms with Crippen LogP contribution in [0.25, 0.3) is 0 Å². The van der Waals surface area contributed by atoms with Gasteiger partial charge in [-0.15, -0.1) is 0 Å². The summed E-state index contributed by atoms with van der Waals surface area (Å²) >= 11 is 1.43. The number of carboxylic acids is 1. The molecule has 11 heteroatoms. The number of methoxy groups -OCH3 is 1. The molecule has 0 saturated heterocycles. The second kappa shape index (κ2) is 10.7. The minimum Gasteiger partial charge on any atom is -0.494 e. The number of nitro groups is 1. The molecule has 1 aromatic rings. The summed E-state index contributed by atoms with van der Waals surface area (Å²) in [6.07, 6.45) is 3.10. The summed E-state index contributed by atoms with van der Waals surface area (Å²) in [6.45, 7) is 0. The zero-order valence-electron chi connectivity index (χ0n) is 14.6. The largest absolute Gasteiger partial charge is 0.494 e. The van der Waals surface area contributed by atoms with E-state index in [9.17, 15) is 19.7 Å². The summed E-state index contributed by atoms with van der Waals surface area (Å²) in [4.78, 5) is 33.5. The molecule has 0 aliphatic rings. The molecular weight excluding hydrogens is 376 g/mol. The number of thioether (sulfide) groups is 1. The molecule has 1 atom stereocenters. The van der Waals surface area contributed by atoms with Crippen molar-refractivity contribution >= 4 is 35.0 Å². The second-order valence-corrected chi connectivity index (χ2v) is 6.09. The quantitative estimate of drug-likeness (QED) is 0.233. The third-order valence-electron chi connectivity index (χ3n) is 3.35. The van der Waals surface area contributed by atoms with Gasteiger partial charge in [-0.25, -0.2) is 4.79 Å². The summed E-state index contributed by atoms with van der Waals surface area (Å²) in [5, 5.41) is 34.0. The van der Waals surface area contributed by atoms with E-state index in [-0.39, 0.29) is 23.4 Å². The number of ether oxygens (including phenoxy) is 1. The van der Waals surface area contributed by atoms with Gasteiger partial charge < -0.3 is 20.5 Å². The van der Waals surface area contributed by atoms with Crippen molar-refractivity contribution in [2.75, 3.05) is 24.4 Å². The normalized spacial score (nSPS) is 11.8. The third-order valence-corrected chi connectivity index (χ3v) is 3.99. The van der Waals surface area contributed by atoms with E-state index in [0.717, 1.165) is 6.20 Å². The summed E-state index contributed by atoms with van der Waals surface area (Å²) in [5.74, 6) is -1.37. The van der Waals surface area contributed by atoms with Crippen molar-refractivity contribution in [1.29, 1.82) is 5.26 Å². The monoisotopic (exact) mass is 394 g/mol. The zero-order valence-corrected chi connectivity index (χ0v) is 15.4. The number of hydrogen-bond donors (Lipinski definition) is 3. The number of anilines is 1. The van der Waals surface area contributed by atoms with Gasteiger partial charge in [-0.2, -0.15) is 17.0 Å². The number of benzene rings is 1. The number of nitriles is 1. The van der Waals surface area contributed by atoms with Gasteiger partial charge in [-0.3, -0.25) is 14.9 Å². The van der Waals surface area contributed by atoms with Gasteiger partial charge in [0.25, 0.3) is 11.6 Å².